The Morgan fingerprint density at radius 1 is 0.906 bits per heavy atom. The van der Waals surface area contributed by atoms with Gasteiger partial charge in [-0.3, -0.25) is 5.32 Å². The number of hydrogen-bond acceptors (Lipinski definition) is 5. The largest absolute Gasteiger partial charge is 0.573 e. The molecule has 0 saturated carbocycles. The second-order valence-electron chi connectivity index (χ2n) is 6.39. The quantitative estimate of drug-likeness (QED) is 0.331. The van der Waals surface area contributed by atoms with Crippen molar-refractivity contribution < 1.29 is 45.4 Å². The van der Waals surface area contributed by atoms with Gasteiger partial charge in [0.05, 0.1) is 7.11 Å². The molecule has 0 aliphatic heterocycles. The van der Waals surface area contributed by atoms with Crippen LogP contribution in [0.1, 0.15) is 5.56 Å². The summed E-state index contributed by atoms with van der Waals surface area (Å²) in [6.07, 6.45) is -10.3. The summed E-state index contributed by atoms with van der Waals surface area (Å²) in [5.74, 6) is -2.46. The Morgan fingerprint density at radius 3 is 2.03 bits per heavy atom. The number of carbonyl (C=O) groups is 2. The van der Waals surface area contributed by atoms with Crippen LogP contribution in [-0.4, -0.2) is 37.3 Å². The zero-order valence-electron chi connectivity index (χ0n) is 16.5. The highest BCUT2D eigenvalue weighted by Gasteiger charge is 2.63. The molecule has 0 bridgehead atoms. The number of amides is 2. The fourth-order valence-corrected chi connectivity index (χ4v) is 2.56. The number of benzene rings is 2. The van der Waals surface area contributed by atoms with Gasteiger partial charge in [0.15, 0.2) is 0 Å². The molecule has 0 aromatic heterocycles. The molecular weight excluding hydrogens is 448 g/mol. The van der Waals surface area contributed by atoms with Crippen LogP contribution in [-0.2, 0) is 9.53 Å². The lowest BCUT2D eigenvalue weighted by molar-refractivity contribution is -0.274. The van der Waals surface area contributed by atoms with Crippen molar-refractivity contribution in [2.45, 2.75) is 25.1 Å². The number of methoxy groups -OCH3 is 1. The zero-order valence-corrected chi connectivity index (χ0v) is 16.5. The summed E-state index contributed by atoms with van der Waals surface area (Å²) in [6, 6.07) is 7.70. The standard InChI is InChI=1S/C19H17F6N3O4/c1-11-4-3-5-13(10-11)27-17(15(29)31-2,18(20,21)22)28-16(30)26-12-6-8-14(9-7-12)32-19(23,24)25/h3-10,27H,1-2H3,(H2,26,28,30). The van der Waals surface area contributed by atoms with Crippen molar-refractivity contribution in [3.8, 4) is 5.75 Å². The maximum atomic E-state index is 14.0. The number of rotatable bonds is 6. The van der Waals surface area contributed by atoms with Crippen LogP contribution in [0.4, 0.5) is 42.5 Å². The molecule has 13 heteroatoms. The lowest BCUT2D eigenvalue weighted by Crippen LogP contribution is -2.69. The molecule has 0 saturated heterocycles. The molecule has 2 aromatic rings. The van der Waals surface area contributed by atoms with E-state index in [1.54, 1.807) is 13.0 Å². The van der Waals surface area contributed by atoms with E-state index in [4.69, 9.17) is 0 Å². The van der Waals surface area contributed by atoms with Crippen LogP contribution in [0.5, 0.6) is 5.75 Å². The van der Waals surface area contributed by atoms with Gasteiger partial charge in [0.1, 0.15) is 5.75 Å². The van der Waals surface area contributed by atoms with Gasteiger partial charge < -0.3 is 20.1 Å². The first kappa shape index (κ1) is 24.6. The first-order valence-electron chi connectivity index (χ1n) is 8.71. The smallest absolute Gasteiger partial charge is 0.466 e. The highest BCUT2D eigenvalue weighted by atomic mass is 19.4. The lowest BCUT2D eigenvalue weighted by atomic mass is 10.1. The predicted octanol–water partition coefficient (Wildman–Crippen LogP) is 4.56. The molecule has 3 N–H and O–H groups in total. The van der Waals surface area contributed by atoms with E-state index in [1.165, 1.54) is 23.5 Å². The molecule has 32 heavy (non-hydrogen) atoms. The SMILES string of the molecule is COC(=O)C(NC(=O)Nc1ccc(OC(F)(F)F)cc1)(Nc1cccc(C)c1)C(F)(F)F. The number of halogens is 6. The number of hydrogen-bond donors (Lipinski definition) is 3. The van der Waals surface area contributed by atoms with E-state index in [1.807, 2.05) is 10.6 Å². The molecule has 0 spiro atoms. The van der Waals surface area contributed by atoms with Crippen LogP contribution in [0.3, 0.4) is 0 Å². The number of anilines is 2. The van der Waals surface area contributed by atoms with Crippen molar-refractivity contribution in [2.75, 3.05) is 17.7 Å². The molecule has 2 amide bonds. The Labute approximate surface area is 177 Å². The van der Waals surface area contributed by atoms with E-state index in [-0.39, 0.29) is 11.4 Å². The number of alkyl halides is 6. The first-order valence-corrected chi connectivity index (χ1v) is 8.71. The first-order chi connectivity index (χ1) is 14.8. The summed E-state index contributed by atoms with van der Waals surface area (Å²) in [4.78, 5) is 24.4. The molecule has 0 aliphatic carbocycles. The maximum absolute atomic E-state index is 14.0. The number of aryl methyl sites for hydroxylation is 1. The minimum absolute atomic E-state index is 0.137. The number of nitrogens with one attached hydrogen (secondary N) is 3. The molecule has 0 aliphatic rings. The second kappa shape index (κ2) is 9.24. The van der Waals surface area contributed by atoms with Crippen molar-refractivity contribution in [1.29, 1.82) is 0 Å². The lowest BCUT2D eigenvalue weighted by Gasteiger charge is -2.35. The Kier molecular flexibility index (Phi) is 7.11. The van der Waals surface area contributed by atoms with Crippen LogP contribution in [0.15, 0.2) is 48.5 Å². The minimum Gasteiger partial charge on any atom is -0.466 e. The fourth-order valence-electron chi connectivity index (χ4n) is 2.56. The molecule has 2 aromatic carbocycles. The fraction of sp³-hybridized carbons (Fsp3) is 0.263. The summed E-state index contributed by atoms with van der Waals surface area (Å²) < 4.78 is 86.5. The second-order valence-corrected chi connectivity index (χ2v) is 6.39. The van der Waals surface area contributed by atoms with E-state index in [0.29, 0.717) is 12.7 Å². The summed E-state index contributed by atoms with van der Waals surface area (Å²) in [5.41, 5.74) is -3.41. The maximum Gasteiger partial charge on any atom is 0.573 e. The van der Waals surface area contributed by atoms with Crippen LogP contribution in [0.2, 0.25) is 0 Å². The van der Waals surface area contributed by atoms with E-state index in [2.05, 4.69) is 9.47 Å². The van der Waals surface area contributed by atoms with Crippen molar-refractivity contribution in [3.63, 3.8) is 0 Å². The zero-order chi connectivity index (χ0) is 24.2. The van der Waals surface area contributed by atoms with Crippen molar-refractivity contribution in [1.82, 2.24) is 5.32 Å². The Hall–Kier alpha value is -3.64. The van der Waals surface area contributed by atoms with E-state index < -0.39 is 36.0 Å². The van der Waals surface area contributed by atoms with Gasteiger partial charge in [-0.25, -0.2) is 9.59 Å². The predicted molar refractivity (Wildman–Crippen MR) is 101 cm³/mol. The van der Waals surface area contributed by atoms with Gasteiger partial charge in [0.25, 0.3) is 0 Å². The van der Waals surface area contributed by atoms with Crippen LogP contribution < -0.4 is 20.7 Å². The van der Waals surface area contributed by atoms with Crippen molar-refractivity contribution >= 4 is 23.4 Å². The average molecular weight is 465 g/mol. The summed E-state index contributed by atoms with van der Waals surface area (Å²) in [6.45, 7) is 1.60. The van der Waals surface area contributed by atoms with Gasteiger partial charge in [-0.05, 0) is 48.9 Å². The third kappa shape index (κ3) is 6.18. The molecule has 2 rings (SSSR count). The summed E-state index contributed by atoms with van der Waals surface area (Å²) >= 11 is 0. The van der Waals surface area contributed by atoms with Gasteiger partial charge in [-0.2, -0.15) is 13.2 Å². The Balaban J connectivity index is 2.28. The van der Waals surface area contributed by atoms with E-state index in [0.717, 1.165) is 24.3 Å². The number of urea groups is 1. The number of ether oxygens (including phenoxy) is 2. The van der Waals surface area contributed by atoms with Crippen LogP contribution >= 0.6 is 0 Å². The third-order valence-corrected chi connectivity index (χ3v) is 3.91. The molecule has 0 heterocycles. The molecule has 7 nitrogen and oxygen atoms in total. The molecule has 1 atom stereocenters. The van der Waals surface area contributed by atoms with E-state index in [9.17, 15) is 35.9 Å². The van der Waals surface area contributed by atoms with Gasteiger partial charge in [-0.1, -0.05) is 12.1 Å². The van der Waals surface area contributed by atoms with Gasteiger partial charge in [0.2, 0.25) is 0 Å². The number of esters is 1. The minimum atomic E-state index is -5.36. The topological polar surface area (TPSA) is 88.7 Å². The van der Waals surface area contributed by atoms with Crippen LogP contribution in [0, 0.1) is 6.92 Å². The molecule has 1 unspecified atom stereocenters. The van der Waals surface area contributed by atoms with E-state index >= 15 is 0 Å². The molecular formula is C19H17F6N3O4. The Morgan fingerprint density at radius 2 is 1.53 bits per heavy atom. The third-order valence-electron chi connectivity index (χ3n) is 3.91. The highest BCUT2D eigenvalue weighted by molar-refractivity contribution is 5.96. The van der Waals surface area contributed by atoms with Crippen molar-refractivity contribution in [3.05, 3.63) is 54.1 Å². The molecule has 0 fully saturated rings. The Bertz CT molecular complexity index is 963. The summed E-state index contributed by atoms with van der Waals surface area (Å²) in [7, 11) is 0.708. The van der Waals surface area contributed by atoms with Gasteiger partial charge in [-0.15, -0.1) is 13.2 Å². The highest BCUT2D eigenvalue weighted by Crippen LogP contribution is 2.33. The normalized spacial score (nSPS) is 13.5. The number of carbonyl (C=O) groups excluding carboxylic acids is 2. The summed E-state index contributed by atoms with van der Waals surface area (Å²) in [5, 5.41) is 5.48. The van der Waals surface area contributed by atoms with Gasteiger partial charge in [0, 0.05) is 11.4 Å². The van der Waals surface area contributed by atoms with Crippen LogP contribution in [0.25, 0.3) is 0 Å². The average Bonchev–Trinajstić information content (AvgIpc) is 2.66. The van der Waals surface area contributed by atoms with Gasteiger partial charge >= 0.3 is 30.2 Å². The van der Waals surface area contributed by atoms with Crippen molar-refractivity contribution in [2.24, 2.45) is 0 Å². The monoisotopic (exact) mass is 465 g/mol. The molecule has 174 valence electrons. The molecule has 0 radical (unpaired) electrons.